The van der Waals surface area contributed by atoms with E-state index in [0.29, 0.717) is 0 Å². The van der Waals surface area contributed by atoms with Crippen molar-refractivity contribution in [3.63, 3.8) is 0 Å². The molecule has 5 aliphatic rings. The van der Waals surface area contributed by atoms with Crippen LogP contribution in [0.2, 0.25) is 0 Å². The molecule has 0 aromatic rings. The summed E-state index contributed by atoms with van der Waals surface area (Å²) in [4.78, 5) is 39.3. The number of ketones is 1. The first-order valence-corrected chi connectivity index (χ1v) is 13.8. The smallest absolute Gasteiger partial charge is 0.353 e. The molecule has 1 N–H and O–H groups in total. The van der Waals surface area contributed by atoms with Crippen LogP contribution in [-0.4, -0.2) is 53.2 Å². The number of hydrogen-bond acceptors (Lipinski definition) is 6. The Balaban J connectivity index is 1.61. The maximum absolute atomic E-state index is 17.5. The van der Waals surface area contributed by atoms with E-state index in [1.807, 2.05) is 27.7 Å². The maximum Gasteiger partial charge on any atom is 0.353 e. The molecule has 39 heavy (non-hydrogen) atoms. The van der Waals surface area contributed by atoms with E-state index in [1.54, 1.807) is 13.8 Å². The average Bonchev–Trinajstić information content (AvgIpc) is 3.14. The van der Waals surface area contributed by atoms with Gasteiger partial charge in [-0.2, -0.15) is 0 Å². The van der Waals surface area contributed by atoms with Gasteiger partial charge in [-0.15, -0.1) is 0 Å². The lowest BCUT2D eigenvalue weighted by molar-refractivity contribution is -0.241. The molecule has 0 unspecified atom stereocenters. The summed E-state index contributed by atoms with van der Waals surface area (Å²) in [6.45, 7) is 11.1. The van der Waals surface area contributed by atoms with Crippen LogP contribution in [0.1, 0.15) is 67.7 Å². The number of fused-ring (bicyclic) bond motifs is 5. The lowest BCUT2D eigenvalue weighted by atomic mass is 9.44. The molecule has 5 rings (SSSR count). The molecule has 5 aliphatic carbocycles. The molecule has 4 saturated carbocycles. The van der Waals surface area contributed by atoms with Crippen molar-refractivity contribution in [1.29, 1.82) is 0 Å². The monoisotopic (exact) mass is 552 g/mol. The number of rotatable bonds is 4. The molecule has 0 spiro atoms. The van der Waals surface area contributed by atoms with Crippen LogP contribution < -0.4 is 0 Å². The van der Waals surface area contributed by atoms with Crippen molar-refractivity contribution >= 4 is 17.7 Å². The Labute approximate surface area is 227 Å². The third-order valence-electron chi connectivity index (χ3n) is 12.2. The minimum atomic E-state index is -2.35. The summed E-state index contributed by atoms with van der Waals surface area (Å²) >= 11 is 0. The standard InChI is InChI=1S/C30H39F3O6/c1-15-10-17-18-12-20(32)19-11-16(34)8-9-27(19,6)29(18,33)21(35)13-28(17,7)30(15,24(37)38-14-31)39-23(36)22-25(2,3)26(22,4)5/h8-9,11,15,17-18,20-22,35H,10,12-14H2,1-7H3/t15-,17+,18+,20+,21+,27+,28+,29+,30+/m1/s1. The van der Waals surface area contributed by atoms with E-state index < -0.39 is 93.5 Å². The number of allylic oxidation sites excluding steroid dienone is 4. The van der Waals surface area contributed by atoms with E-state index in [-0.39, 0.29) is 24.8 Å². The molecule has 6 nitrogen and oxygen atoms in total. The molecule has 0 bridgehead atoms. The predicted molar refractivity (Wildman–Crippen MR) is 135 cm³/mol. The summed E-state index contributed by atoms with van der Waals surface area (Å²) < 4.78 is 57.6. The van der Waals surface area contributed by atoms with Gasteiger partial charge in [0.1, 0.15) is 6.17 Å². The number of carbonyl (C=O) groups is 3. The minimum Gasteiger partial charge on any atom is -0.446 e. The fourth-order valence-corrected chi connectivity index (χ4v) is 9.38. The lowest BCUT2D eigenvalue weighted by Crippen LogP contribution is -2.71. The van der Waals surface area contributed by atoms with Gasteiger partial charge >= 0.3 is 11.9 Å². The van der Waals surface area contributed by atoms with Crippen LogP contribution in [0.25, 0.3) is 0 Å². The Morgan fingerprint density at radius 3 is 2.26 bits per heavy atom. The van der Waals surface area contributed by atoms with Gasteiger partial charge in [0.15, 0.2) is 11.5 Å². The van der Waals surface area contributed by atoms with Crippen molar-refractivity contribution in [2.24, 2.45) is 45.3 Å². The molecular formula is C30H39F3O6. The Morgan fingerprint density at radius 1 is 1.08 bits per heavy atom. The topological polar surface area (TPSA) is 89.9 Å². The number of alkyl halides is 3. The van der Waals surface area contributed by atoms with Crippen LogP contribution in [0.4, 0.5) is 13.2 Å². The molecule has 0 aliphatic heterocycles. The van der Waals surface area contributed by atoms with E-state index in [9.17, 15) is 23.9 Å². The summed E-state index contributed by atoms with van der Waals surface area (Å²) in [5.41, 5.74) is -8.14. The third-order valence-corrected chi connectivity index (χ3v) is 12.2. The lowest BCUT2D eigenvalue weighted by Gasteiger charge is -2.63. The summed E-state index contributed by atoms with van der Waals surface area (Å²) in [7, 11) is 0. The van der Waals surface area contributed by atoms with Gasteiger partial charge in [-0.3, -0.25) is 9.59 Å². The highest BCUT2D eigenvalue weighted by Gasteiger charge is 2.80. The van der Waals surface area contributed by atoms with Gasteiger partial charge in [0, 0.05) is 22.7 Å². The molecule has 9 heteroatoms. The Morgan fingerprint density at radius 2 is 1.69 bits per heavy atom. The largest absolute Gasteiger partial charge is 0.446 e. The minimum absolute atomic E-state index is 0.00447. The Hall–Kier alpha value is -2.16. The van der Waals surface area contributed by atoms with Crippen molar-refractivity contribution in [1.82, 2.24) is 0 Å². The molecule has 0 amide bonds. The van der Waals surface area contributed by atoms with Crippen molar-refractivity contribution in [2.45, 2.75) is 91.3 Å². The van der Waals surface area contributed by atoms with Gasteiger partial charge < -0.3 is 14.6 Å². The molecule has 0 heterocycles. The van der Waals surface area contributed by atoms with Crippen LogP contribution >= 0.6 is 0 Å². The van der Waals surface area contributed by atoms with Crippen molar-refractivity contribution in [3.8, 4) is 0 Å². The van der Waals surface area contributed by atoms with E-state index in [4.69, 9.17) is 9.47 Å². The molecule has 0 saturated heterocycles. The maximum atomic E-state index is 17.5. The molecule has 4 fully saturated rings. The van der Waals surface area contributed by atoms with E-state index in [2.05, 4.69) is 0 Å². The number of esters is 2. The van der Waals surface area contributed by atoms with E-state index in [1.165, 1.54) is 19.1 Å². The second kappa shape index (κ2) is 8.20. The van der Waals surface area contributed by atoms with Gasteiger partial charge in [0.2, 0.25) is 12.5 Å². The third kappa shape index (κ3) is 3.17. The van der Waals surface area contributed by atoms with E-state index in [0.717, 1.165) is 6.08 Å². The number of aliphatic hydroxyl groups excluding tert-OH is 1. The number of aliphatic hydroxyl groups is 1. The second-order valence-corrected chi connectivity index (χ2v) is 14.1. The highest BCUT2D eigenvalue weighted by molar-refractivity contribution is 6.01. The molecule has 9 atom stereocenters. The Kier molecular flexibility index (Phi) is 5.96. The molecular weight excluding hydrogens is 513 g/mol. The highest BCUT2D eigenvalue weighted by atomic mass is 19.1. The number of halogens is 3. The second-order valence-electron chi connectivity index (χ2n) is 14.1. The van der Waals surface area contributed by atoms with Gasteiger partial charge in [-0.25, -0.2) is 18.0 Å². The van der Waals surface area contributed by atoms with Crippen LogP contribution in [0.5, 0.6) is 0 Å². The zero-order valence-corrected chi connectivity index (χ0v) is 23.6. The van der Waals surface area contributed by atoms with Gasteiger partial charge in [-0.05, 0) is 60.7 Å². The fourth-order valence-electron chi connectivity index (χ4n) is 9.38. The SMILES string of the molecule is C[C@@H]1C[C@H]2[C@@H]3C[C@H](F)C4=CC(=O)C=C[C@]4(C)[C@@]3(F)[C@@H](O)C[C@]2(C)[C@@]1(OC(=O)C1C(C)(C)C1(C)C)C(=O)OCF. The quantitative estimate of drug-likeness (QED) is 0.495. The average molecular weight is 553 g/mol. The predicted octanol–water partition coefficient (Wildman–Crippen LogP) is 4.99. The normalized spacial score (nSPS) is 47.4. The van der Waals surface area contributed by atoms with E-state index >= 15 is 8.78 Å². The summed E-state index contributed by atoms with van der Waals surface area (Å²) in [6.07, 6.45) is -0.128. The molecule has 0 aromatic carbocycles. The first-order valence-electron chi connectivity index (χ1n) is 13.8. The first-order chi connectivity index (χ1) is 17.9. The molecule has 0 aromatic heterocycles. The zero-order valence-electron chi connectivity index (χ0n) is 23.6. The van der Waals surface area contributed by atoms with Crippen LogP contribution in [-0.2, 0) is 23.9 Å². The number of hydrogen-bond donors (Lipinski definition) is 1. The fraction of sp³-hybridized carbons (Fsp3) is 0.767. The highest BCUT2D eigenvalue weighted by Crippen LogP contribution is 2.73. The van der Waals surface area contributed by atoms with Crippen molar-refractivity contribution in [3.05, 3.63) is 23.8 Å². The van der Waals surface area contributed by atoms with Crippen molar-refractivity contribution < 1.29 is 42.1 Å². The summed E-state index contributed by atoms with van der Waals surface area (Å²) in [6, 6.07) is 0. The molecule has 216 valence electrons. The Bertz CT molecular complexity index is 1180. The van der Waals surface area contributed by atoms with Crippen molar-refractivity contribution in [2.75, 3.05) is 6.86 Å². The van der Waals surface area contributed by atoms with Gasteiger partial charge in [-0.1, -0.05) is 47.6 Å². The van der Waals surface area contributed by atoms with Gasteiger partial charge in [0.25, 0.3) is 0 Å². The van der Waals surface area contributed by atoms with Gasteiger partial charge in [0.05, 0.1) is 12.0 Å². The zero-order chi connectivity index (χ0) is 29.1. The first kappa shape index (κ1) is 28.4. The van der Waals surface area contributed by atoms with Crippen LogP contribution in [0.3, 0.4) is 0 Å². The molecule has 0 radical (unpaired) electrons. The van der Waals surface area contributed by atoms with Crippen LogP contribution in [0, 0.1) is 45.3 Å². The summed E-state index contributed by atoms with van der Waals surface area (Å²) in [5, 5.41) is 11.6. The number of carbonyl (C=O) groups excluding carboxylic acids is 3. The summed E-state index contributed by atoms with van der Waals surface area (Å²) in [5.74, 6) is -5.18. The van der Waals surface area contributed by atoms with Crippen LogP contribution in [0.15, 0.2) is 23.8 Å². The number of ether oxygens (including phenoxy) is 2.